The van der Waals surface area contributed by atoms with Gasteiger partial charge in [-0.05, 0) is 32.0 Å². The van der Waals surface area contributed by atoms with Crippen LogP contribution in [0.25, 0.3) is 0 Å². The second-order valence-electron chi connectivity index (χ2n) is 3.82. The molecule has 1 rings (SSSR count). The molecular weight excluding hydrogens is 233 g/mol. The minimum Gasteiger partial charge on any atom is -0.316 e. The van der Waals surface area contributed by atoms with E-state index in [1.165, 1.54) is 6.07 Å². The zero-order chi connectivity index (χ0) is 12.5. The normalized spacial score (nSPS) is 12.1. The zero-order valence-electron chi connectivity index (χ0n) is 10.1. The maximum atomic E-state index is 13.4. The molecule has 17 heavy (non-hydrogen) atoms. The molecule has 1 nitrogen and oxygen atoms in total. The molecule has 3 heteroatoms. The molecule has 1 aromatic rings. The lowest BCUT2D eigenvalue weighted by molar-refractivity contribution is 0.553. The number of terminal acetylenes is 1. The van der Waals surface area contributed by atoms with Crippen LogP contribution in [0, 0.1) is 18.2 Å². The van der Waals surface area contributed by atoms with Crippen molar-refractivity contribution in [2.75, 3.05) is 12.8 Å². The molecular formula is C14H18FNS. The van der Waals surface area contributed by atoms with Crippen molar-refractivity contribution in [2.45, 2.75) is 30.2 Å². The summed E-state index contributed by atoms with van der Waals surface area (Å²) in [7, 11) is 1.93. The van der Waals surface area contributed by atoms with Gasteiger partial charge in [0, 0.05) is 23.1 Å². The van der Waals surface area contributed by atoms with Crippen molar-refractivity contribution in [1.29, 1.82) is 0 Å². The summed E-state index contributed by atoms with van der Waals surface area (Å²) in [5.74, 6) is 3.36. The Morgan fingerprint density at radius 1 is 1.47 bits per heavy atom. The molecule has 0 aliphatic rings. The van der Waals surface area contributed by atoms with Crippen molar-refractivity contribution in [3.05, 3.63) is 30.1 Å². The average Bonchev–Trinajstić information content (AvgIpc) is 2.35. The maximum Gasteiger partial charge on any atom is 0.136 e. The van der Waals surface area contributed by atoms with E-state index in [2.05, 4.69) is 11.2 Å². The Labute approximate surface area is 107 Å². The van der Waals surface area contributed by atoms with Crippen LogP contribution in [0.4, 0.5) is 4.39 Å². The Morgan fingerprint density at radius 2 is 2.24 bits per heavy atom. The van der Waals surface area contributed by atoms with Crippen molar-refractivity contribution < 1.29 is 4.39 Å². The number of rotatable bonds is 7. The van der Waals surface area contributed by atoms with E-state index in [-0.39, 0.29) is 5.82 Å². The SMILES string of the molecule is C#CCCCC(CSc1ccccc1F)NC. The molecule has 0 aliphatic carbocycles. The molecule has 0 radical (unpaired) electrons. The van der Waals surface area contributed by atoms with E-state index in [4.69, 9.17) is 6.42 Å². The van der Waals surface area contributed by atoms with Gasteiger partial charge in [-0.2, -0.15) is 0 Å². The predicted octanol–water partition coefficient (Wildman–Crippen LogP) is 3.31. The number of halogens is 1. The molecule has 0 aliphatic heterocycles. The first-order valence-corrected chi connectivity index (χ1v) is 6.74. The van der Waals surface area contributed by atoms with Gasteiger partial charge >= 0.3 is 0 Å². The molecule has 0 fully saturated rings. The van der Waals surface area contributed by atoms with E-state index in [0.29, 0.717) is 10.9 Å². The highest BCUT2D eigenvalue weighted by Gasteiger charge is 2.08. The van der Waals surface area contributed by atoms with Gasteiger partial charge in [0.05, 0.1) is 0 Å². The number of hydrogen-bond acceptors (Lipinski definition) is 2. The van der Waals surface area contributed by atoms with E-state index in [1.807, 2.05) is 19.2 Å². The van der Waals surface area contributed by atoms with Gasteiger partial charge in [-0.25, -0.2) is 4.39 Å². The van der Waals surface area contributed by atoms with Gasteiger partial charge in [0.1, 0.15) is 5.82 Å². The molecule has 0 amide bonds. The van der Waals surface area contributed by atoms with Crippen LogP contribution in [-0.2, 0) is 0 Å². The number of thioether (sulfide) groups is 1. The lowest BCUT2D eigenvalue weighted by atomic mass is 10.1. The third-order valence-corrected chi connectivity index (χ3v) is 3.77. The highest BCUT2D eigenvalue weighted by molar-refractivity contribution is 7.99. The number of nitrogens with one attached hydrogen (secondary N) is 1. The molecule has 0 aromatic heterocycles. The van der Waals surface area contributed by atoms with Crippen LogP contribution in [0.5, 0.6) is 0 Å². The number of unbranched alkanes of at least 4 members (excludes halogenated alkanes) is 1. The van der Waals surface area contributed by atoms with Crippen molar-refractivity contribution in [3.8, 4) is 12.3 Å². The second kappa shape index (κ2) is 8.16. The number of benzene rings is 1. The van der Waals surface area contributed by atoms with Crippen molar-refractivity contribution in [3.63, 3.8) is 0 Å². The summed E-state index contributed by atoms with van der Waals surface area (Å²) in [6.45, 7) is 0. The summed E-state index contributed by atoms with van der Waals surface area (Å²) in [6.07, 6.45) is 8.07. The Kier molecular flexibility index (Phi) is 6.76. The fourth-order valence-electron chi connectivity index (χ4n) is 1.51. The molecule has 0 saturated carbocycles. The van der Waals surface area contributed by atoms with Gasteiger partial charge in [-0.15, -0.1) is 24.1 Å². The van der Waals surface area contributed by atoms with Crippen LogP contribution in [0.3, 0.4) is 0 Å². The summed E-state index contributed by atoms with van der Waals surface area (Å²) in [5, 5.41) is 3.24. The average molecular weight is 251 g/mol. The lowest BCUT2D eigenvalue weighted by Gasteiger charge is -2.15. The van der Waals surface area contributed by atoms with Crippen LogP contribution in [0.15, 0.2) is 29.2 Å². The van der Waals surface area contributed by atoms with Gasteiger partial charge in [-0.1, -0.05) is 12.1 Å². The lowest BCUT2D eigenvalue weighted by Crippen LogP contribution is -2.27. The minimum absolute atomic E-state index is 0.143. The van der Waals surface area contributed by atoms with Crippen LogP contribution in [0.1, 0.15) is 19.3 Å². The highest BCUT2D eigenvalue weighted by atomic mass is 32.2. The zero-order valence-corrected chi connectivity index (χ0v) is 10.9. The van der Waals surface area contributed by atoms with Crippen LogP contribution in [-0.4, -0.2) is 18.8 Å². The van der Waals surface area contributed by atoms with E-state index in [1.54, 1.807) is 17.8 Å². The molecule has 0 heterocycles. The van der Waals surface area contributed by atoms with Crippen LogP contribution >= 0.6 is 11.8 Å². The first-order valence-electron chi connectivity index (χ1n) is 5.76. The second-order valence-corrected chi connectivity index (χ2v) is 4.89. The standard InChI is InChI=1S/C14H18FNS/c1-3-4-5-8-12(16-2)11-17-14-10-7-6-9-13(14)15/h1,6-7,9-10,12,16H,4-5,8,11H2,2H3. The molecule has 1 unspecified atom stereocenters. The minimum atomic E-state index is -0.143. The van der Waals surface area contributed by atoms with Crippen LogP contribution in [0.2, 0.25) is 0 Å². The van der Waals surface area contributed by atoms with Crippen molar-refractivity contribution >= 4 is 11.8 Å². The fraction of sp³-hybridized carbons (Fsp3) is 0.429. The van der Waals surface area contributed by atoms with E-state index in [0.717, 1.165) is 25.0 Å². The van der Waals surface area contributed by atoms with Gasteiger partial charge in [0.2, 0.25) is 0 Å². The van der Waals surface area contributed by atoms with Gasteiger partial charge in [0.25, 0.3) is 0 Å². The highest BCUT2D eigenvalue weighted by Crippen LogP contribution is 2.22. The third-order valence-electron chi connectivity index (χ3n) is 2.56. The van der Waals surface area contributed by atoms with Gasteiger partial charge in [-0.3, -0.25) is 0 Å². The molecule has 92 valence electrons. The Bertz CT molecular complexity index is 373. The van der Waals surface area contributed by atoms with Crippen LogP contribution < -0.4 is 5.32 Å². The summed E-state index contributed by atoms with van der Waals surface area (Å²) >= 11 is 1.55. The van der Waals surface area contributed by atoms with Gasteiger partial charge in [0.15, 0.2) is 0 Å². The van der Waals surface area contributed by atoms with Crippen molar-refractivity contribution in [2.24, 2.45) is 0 Å². The summed E-state index contributed by atoms with van der Waals surface area (Å²) in [6, 6.07) is 7.26. The fourth-order valence-corrected chi connectivity index (χ4v) is 2.61. The molecule has 1 atom stereocenters. The predicted molar refractivity (Wildman–Crippen MR) is 72.7 cm³/mol. The monoisotopic (exact) mass is 251 g/mol. The van der Waals surface area contributed by atoms with Gasteiger partial charge < -0.3 is 5.32 Å². The molecule has 0 bridgehead atoms. The number of hydrogen-bond donors (Lipinski definition) is 1. The Morgan fingerprint density at radius 3 is 2.88 bits per heavy atom. The quantitative estimate of drug-likeness (QED) is 0.453. The summed E-state index contributed by atoms with van der Waals surface area (Å²) in [4.78, 5) is 0.713. The first kappa shape index (κ1) is 14.1. The summed E-state index contributed by atoms with van der Waals surface area (Å²) < 4.78 is 13.4. The third kappa shape index (κ3) is 5.25. The van der Waals surface area contributed by atoms with E-state index in [9.17, 15) is 4.39 Å². The smallest absolute Gasteiger partial charge is 0.136 e. The molecule has 1 N–H and O–H groups in total. The Hall–Kier alpha value is -0.980. The first-order chi connectivity index (χ1) is 8.27. The topological polar surface area (TPSA) is 12.0 Å². The maximum absolute atomic E-state index is 13.4. The Balaban J connectivity index is 2.37. The largest absolute Gasteiger partial charge is 0.316 e. The summed E-state index contributed by atoms with van der Waals surface area (Å²) in [5.41, 5.74) is 0. The van der Waals surface area contributed by atoms with Crippen molar-refractivity contribution in [1.82, 2.24) is 5.32 Å². The van der Waals surface area contributed by atoms with E-state index < -0.39 is 0 Å². The van der Waals surface area contributed by atoms with E-state index >= 15 is 0 Å². The molecule has 0 spiro atoms. The molecule has 0 saturated heterocycles. The molecule has 1 aromatic carbocycles.